The molecule has 3 aliphatic rings. The zero-order valence-corrected chi connectivity index (χ0v) is 31.6. The minimum atomic E-state index is -0.283. The van der Waals surface area contributed by atoms with Gasteiger partial charge in [0.1, 0.15) is 11.5 Å². The smallest absolute Gasteiger partial charge is 0.256 e. The van der Waals surface area contributed by atoms with Gasteiger partial charge in [0.05, 0.1) is 16.9 Å². The van der Waals surface area contributed by atoms with Crippen molar-refractivity contribution in [2.75, 3.05) is 4.90 Å². The molecule has 13 rings (SSSR count). The summed E-state index contributed by atoms with van der Waals surface area (Å²) in [5.74, 6) is 1.89. The molecule has 3 heterocycles. The fourth-order valence-electron chi connectivity index (χ4n) is 10.7. The number of para-hydroxylation sites is 3. The number of hydrogen-bond donors (Lipinski definition) is 0. The van der Waals surface area contributed by atoms with Gasteiger partial charge < -0.3 is 14.2 Å². The first kappa shape index (κ1) is 31.2. The first-order valence-corrected chi connectivity index (χ1v) is 20.0. The number of aromatic nitrogens is 1. The molecule has 0 radical (unpaired) electrons. The summed E-state index contributed by atoms with van der Waals surface area (Å²) in [6.07, 6.45) is 0. The molecular formula is C53H35BN2O. The highest BCUT2D eigenvalue weighted by Crippen LogP contribution is 2.56. The van der Waals surface area contributed by atoms with E-state index in [0.717, 1.165) is 17.2 Å². The average molecular weight is 727 g/mol. The monoisotopic (exact) mass is 726 g/mol. The van der Waals surface area contributed by atoms with E-state index >= 15 is 0 Å². The standard InChI is InChI=1S/C53H35BN2O/c1-53(2)40-30-43-49(57-48-28-14-27-46-51(48)54(43)42-24-13-23-38-36-21-10-11-25-45(36)56(46)52(38)42)29-39(40)50-37-22-9-8-20-35(37)47(31-41(50)53)55(33-17-4-3-5-18-33)44-26-12-16-32-15-6-7-19-34(32)44/h3-31H,1-2H3. The molecule has 0 unspecified atom stereocenters. The van der Waals surface area contributed by atoms with Crippen LogP contribution in [0.1, 0.15) is 25.0 Å². The molecule has 1 aliphatic carbocycles. The number of fused-ring (bicyclic) bond motifs is 13. The Morgan fingerprint density at radius 2 is 1.23 bits per heavy atom. The second-order valence-corrected chi connectivity index (χ2v) is 16.4. The molecule has 0 saturated carbocycles. The minimum absolute atomic E-state index is 0.0533. The number of hydrogen-bond acceptors (Lipinski definition) is 2. The zero-order valence-electron chi connectivity index (χ0n) is 31.6. The lowest BCUT2D eigenvalue weighted by Gasteiger charge is -2.34. The predicted octanol–water partition coefficient (Wildman–Crippen LogP) is 11.8. The van der Waals surface area contributed by atoms with E-state index in [4.69, 9.17) is 4.74 Å². The predicted molar refractivity (Wildman–Crippen MR) is 239 cm³/mol. The summed E-state index contributed by atoms with van der Waals surface area (Å²) in [6, 6.07) is 64.8. The van der Waals surface area contributed by atoms with Crippen molar-refractivity contribution in [2.45, 2.75) is 19.3 Å². The lowest BCUT2D eigenvalue weighted by molar-refractivity contribution is 0.487. The molecule has 1 aromatic heterocycles. The van der Waals surface area contributed by atoms with Crippen molar-refractivity contribution in [2.24, 2.45) is 0 Å². The zero-order chi connectivity index (χ0) is 37.6. The third kappa shape index (κ3) is 4.02. The van der Waals surface area contributed by atoms with Crippen LogP contribution in [0.2, 0.25) is 0 Å². The quantitative estimate of drug-likeness (QED) is 0.169. The van der Waals surface area contributed by atoms with Gasteiger partial charge in [0.25, 0.3) is 6.71 Å². The van der Waals surface area contributed by atoms with Crippen molar-refractivity contribution in [3.8, 4) is 28.3 Å². The summed E-state index contributed by atoms with van der Waals surface area (Å²) < 4.78 is 9.51. The maximum Gasteiger partial charge on any atom is 0.256 e. The van der Waals surface area contributed by atoms with E-state index in [2.05, 4.69) is 199 Å². The molecule has 0 bridgehead atoms. The molecule has 0 amide bonds. The molecule has 10 aromatic rings. The molecule has 0 saturated heterocycles. The molecule has 0 fully saturated rings. The lowest BCUT2D eigenvalue weighted by Crippen LogP contribution is -2.58. The summed E-state index contributed by atoms with van der Waals surface area (Å²) in [4.78, 5) is 2.47. The van der Waals surface area contributed by atoms with Crippen LogP contribution in [0.3, 0.4) is 0 Å². The Labute approximate surface area is 331 Å². The van der Waals surface area contributed by atoms with Crippen LogP contribution in [-0.4, -0.2) is 11.3 Å². The van der Waals surface area contributed by atoms with Gasteiger partial charge in [-0.25, -0.2) is 0 Å². The van der Waals surface area contributed by atoms with E-state index in [0.29, 0.717) is 0 Å². The molecule has 4 heteroatoms. The Kier molecular flexibility index (Phi) is 6.05. The largest absolute Gasteiger partial charge is 0.458 e. The van der Waals surface area contributed by atoms with Gasteiger partial charge in [-0.05, 0) is 97.9 Å². The summed E-state index contributed by atoms with van der Waals surface area (Å²) in [6.45, 7) is 4.88. The van der Waals surface area contributed by atoms with Crippen molar-refractivity contribution < 1.29 is 4.74 Å². The third-order valence-electron chi connectivity index (χ3n) is 13.2. The van der Waals surface area contributed by atoms with Crippen molar-refractivity contribution in [1.82, 2.24) is 4.57 Å². The van der Waals surface area contributed by atoms with Gasteiger partial charge in [0.2, 0.25) is 0 Å². The molecule has 0 spiro atoms. The van der Waals surface area contributed by atoms with Crippen LogP contribution < -0.4 is 26.0 Å². The van der Waals surface area contributed by atoms with Gasteiger partial charge in [-0.1, -0.05) is 141 Å². The first-order valence-electron chi connectivity index (χ1n) is 20.0. The van der Waals surface area contributed by atoms with Crippen molar-refractivity contribution in [3.63, 3.8) is 0 Å². The summed E-state index contributed by atoms with van der Waals surface area (Å²) >= 11 is 0. The fourth-order valence-corrected chi connectivity index (χ4v) is 10.7. The van der Waals surface area contributed by atoms with E-state index in [1.165, 1.54) is 99.1 Å². The number of anilines is 3. The van der Waals surface area contributed by atoms with Crippen LogP contribution in [0.5, 0.6) is 11.5 Å². The van der Waals surface area contributed by atoms with Gasteiger partial charge in [-0.3, -0.25) is 0 Å². The Bertz CT molecular complexity index is 3370. The van der Waals surface area contributed by atoms with Gasteiger partial charge in [-0.2, -0.15) is 0 Å². The van der Waals surface area contributed by atoms with Crippen LogP contribution in [0, 0.1) is 0 Å². The molecule has 3 nitrogen and oxygen atoms in total. The third-order valence-corrected chi connectivity index (χ3v) is 13.2. The minimum Gasteiger partial charge on any atom is -0.458 e. The van der Waals surface area contributed by atoms with Crippen LogP contribution in [0.25, 0.3) is 60.2 Å². The highest BCUT2D eigenvalue weighted by atomic mass is 16.5. The van der Waals surface area contributed by atoms with Gasteiger partial charge in [0, 0.05) is 43.9 Å². The van der Waals surface area contributed by atoms with Gasteiger partial charge in [0.15, 0.2) is 0 Å². The topological polar surface area (TPSA) is 17.4 Å². The van der Waals surface area contributed by atoms with Crippen LogP contribution >= 0.6 is 0 Å². The SMILES string of the molecule is CC1(C)c2cc3c(cc2-c2c1cc(N(c1ccccc1)c1cccc4ccccc14)c1ccccc21)Oc1cccc2c1B3c1cccc3c4ccccc4n-2c13. The average Bonchev–Trinajstić information content (AvgIpc) is 3.71. The second-order valence-electron chi connectivity index (χ2n) is 16.4. The second kappa shape index (κ2) is 11.1. The van der Waals surface area contributed by atoms with E-state index in [1.54, 1.807) is 0 Å². The van der Waals surface area contributed by atoms with Crippen LogP contribution in [0.15, 0.2) is 176 Å². The van der Waals surface area contributed by atoms with Crippen LogP contribution in [0.4, 0.5) is 17.1 Å². The molecule has 9 aromatic carbocycles. The fraction of sp³-hybridized carbons (Fsp3) is 0.0566. The Morgan fingerprint density at radius 1 is 0.526 bits per heavy atom. The normalized spacial score (nSPS) is 14.0. The molecule has 266 valence electrons. The van der Waals surface area contributed by atoms with Crippen LogP contribution in [-0.2, 0) is 5.41 Å². The van der Waals surface area contributed by atoms with Crippen molar-refractivity contribution in [1.29, 1.82) is 0 Å². The molecule has 0 N–H and O–H groups in total. The Balaban J connectivity index is 1.07. The summed E-state index contributed by atoms with van der Waals surface area (Å²) in [5, 5.41) is 7.51. The van der Waals surface area contributed by atoms with Gasteiger partial charge >= 0.3 is 0 Å². The molecule has 2 aliphatic heterocycles. The van der Waals surface area contributed by atoms with Crippen molar-refractivity contribution >= 4 is 83.5 Å². The van der Waals surface area contributed by atoms with Gasteiger partial charge in [-0.15, -0.1) is 0 Å². The number of rotatable bonds is 3. The molecular weight excluding hydrogens is 691 g/mol. The lowest BCUT2D eigenvalue weighted by atomic mass is 9.34. The highest BCUT2D eigenvalue weighted by Gasteiger charge is 2.44. The van der Waals surface area contributed by atoms with E-state index in [-0.39, 0.29) is 12.1 Å². The maximum absolute atomic E-state index is 7.04. The summed E-state index contributed by atoms with van der Waals surface area (Å²) in [5.41, 5.74) is 16.0. The molecule has 57 heavy (non-hydrogen) atoms. The van der Waals surface area contributed by atoms with E-state index in [9.17, 15) is 0 Å². The Morgan fingerprint density at radius 3 is 2.11 bits per heavy atom. The van der Waals surface area contributed by atoms with E-state index in [1.807, 2.05) is 0 Å². The van der Waals surface area contributed by atoms with Crippen molar-refractivity contribution in [3.05, 3.63) is 187 Å². The number of benzene rings is 9. The highest BCUT2D eigenvalue weighted by molar-refractivity contribution is 6.99. The summed E-state index contributed by atoms with van der Waals surface area (Å²) in [7, 11) is 0. The van der Waals surface area contributed by atoms with E-state index < -0.39 is 0 Å². The number of ether oxygens (including phenoxy) is 1. The molecule has 0 atom stereocenters. The first-order chi connectivity index (χ1) is 28.1. The Hall–Kier alpha value is -7.04. The maximum atomic E-state index is 7.04. The number of nitrogens with zero attached hydrogens (tertiary/aromatic N) is 2.